The van der Waals surface area contributed by atoms with Gasteiger partial charge in [-0.2, -0.15) is 0 Å². The van der Waals surface area contributed by atoms with E-state index in [0.29, 0.717) is 19.3 Å². The van der Waals surface area contributed by atoms with E-state index < -0.39 is 6.10 Å². The normalized spacial score (nSPS) is 13.0. The molecule has 83 heavy (non-hydrogen) atoms. The highest BCUT2D eigenvalue weighted by molar-refractivity contribution is 5.71. The Labute approximate surface area is 512 Å². The summed E-state index contributed by atoms with van der Waals surface area (Å²) in [6.45, 7) is 6.38. The van der Waals surface area contributed by atoms with E-state index in [1.807, 2.05) is 0 Å². The number of carbonyl (C=O) groups is 3. The molecule has 0 saturated carbocycles. The van der Waals surface area contributed by atoms with Gasteiger partial charge in [-0.25, -0.2) is 0 Å². The van der Waals surface area contributed by atoms with Gasteiger partial charge in [0.2, 0.25) is 0 Å². The maximum atomic E-state index is 12.9. The first kappa shape index (κ1) is 78.3. The fourth-order valence-electron chi connectivity index (χ4n) is 9.23. The molecule has 470 valence electrons. The van der Waals surface area contributed by atoms with Crippen LogP contribution >= 0.6 is 0 Å². The summed E-state index contributed by atoms with van der Waals surface area (Å²) >= 11 is 0. The van der Waals surface area contributed by atoms with Gasteiger partial charge in [0.1, 0.15) is 13.2 Å². The van der Waals surface area contributed by atoms with E-state index in [4.69, 9.17) is 14.2 Å². The molecule has 0 aromatic heterocycles. The molecule has 1 unspecified atom stereocenters. The van der Waals surface area contributed by atoms with E-state index in [9.17, 15) is 14.4 Å². The molecule has 1 atom stereocenters. The second-order valence-electron chi connectivity index (χ2n) is 22.3. The van der Waals surface area contributed by atoms with Crippen LogP contribution in [0.25, 0.3) is 0 Å². The number of rotatable bonds is 61. The maximum absolute atomic E-state index is 12.9. The fourth-order valence-corrected chi connectivity index (χ4v) is 9.23. The molecule has 6 nitrogen and oxygen atoms in total. The number of hydrogen-bond donors (Lipinski definition) is 0. The van der Waals surface area contributed by atoms with Crippen molar-refractivity contribution in [3.8, 4) is 0 Å². The van der Waals surface area contributed by atoms with Crippen molar-refractivity contribution in [1.29, 1.82) is 0 Å². The maximum Gasteiger partial charge on any atom is 0.306 e. The second kappa shape index (κ2) is 69.8. The zero-order valence-electron chi connectivity index (χ0n) is 53.9. The van der Waals surface area contributed by atoms with Gasteiger partial charge in [-0.15, -0.1) is 0 Å². The molecule has 0 saturated heterocycles. The molecule has 0 N–H and O–H groups in total. The summed E-state index contributed by atoms with van der Waals surface area (Å²) in [6, 6.07) is 0. The Kier molecular flexibility index (Phi) is 65.8. The molecular formula is C77H126O6. The molecule has 6 heteroatoms. The van der Waals surface area contributed by atoms with Crippen molar-refractivity contribution in [1.82, 2.24) is 0 Å². The molecule has 0 aliphatic heterocycles. The van der Waals surface area contributed by atoms with Crippen LogP contribution < -0.4 is 0 Å². The van der Waals surface area contributed by atoms with Crippen LogP contribution in [0.5, 0.6) is 0 Å². The predicted molar refractivity (Wildman–Crippen MR) is 362 cm³/mol. The summed E-state index contributed by atoms with van der Waals surface area (Å²) in [7, 11) is 0. The molecule has 0 spiro atoms. The van der Waals surface area contributed by atoms with Crippen molar-refractivity contribution in [3.63, 3.8) is 0 Å². The van der Waals surface area contributed by atoms with E-state index in [-0.39, 0.29) is 31.1 Å². The molecule has 0 radical (unpaired) electrons. The third kappa shape index (κ3) is 68.0. The van der Waals surface area contributed by atoms with Gasteiger partial charge in [-0.05, 0) is 141 Å². The molecular weight excluding hydrogens is 1020 g/mol. The van der Waals surface area contributed by atoms with Gasteiger partial charge < -0.3 is 14.2 Å². The summed E-state index contributed by atoms with van der Waals surface area (Å²) < 4.78 is 16.9. The van der Waals surface area contributed by atoms with Crippen molar-refractivity contribution in [2.24, 2.45) is 0 Å². The first-order valence-corrected chi connectivity index (χ1v) is 34.3. The minimum absolute atomic E-state index is 0.0930. The molecule has 0 fully saturated rings. The van der Waals surface area contributed by atoms with E-state index in [2.05, 4.69) is 167 Å². The zero-order valence-corrected chi connectivity index (χ0v) is 53.9. The van der Waals surface area contributed by atoms with Gasteiger partial charge in [0.15, 0.2) is 6.10 Å². The topological polar surface area (TPSA) is 78.9 Å². The number of unbranched alkanes of at least 4 members (excludes halogenated alkanes) is 26. The number of allylic oxidation sites excluding steroid dienone is 24. The lowest BCUT2D eigenvalue weighted by Gasteiger charge is -2.18. The van der Waals surface area contributed by atoms with Crippen molar-refractivity contribution in [3.05, 3.63) is 146 Å². The first-order chi connectivity index (χ1) is 41.0. The molecule has 0 rings (SSSR count). The van der Waals surface area contributed by atoms with Gasteiger partial charge in [-0.3, -0.25) is 14.4 Å². The highest BCUT2D eigenvalue weighted by atomic mass is 16.6. The molecule has 0 aromatic carbocycles. The Morgan fingerprint density at radius 1 is 0.253 bits per heavy atom. The monoisotopic (exact) mass is 1150 g/mol. The van der Waals surface area contributed by atoms with Crippen LogP contribution in [0.1, 0.15) is 303 Å². The Balaban J connectivity index is 4.33. The summed E-state index contributed by atoms with van der Waals surface area (Å²) in [4.78, 5) is 38.4. The van der Waals surface area contributed by atoms with Gasteiger partial charge in [-0.1, -0.05) is 289 Å². The predicted octanol–water partition coefficient (Wildman–Crippen LogP) is 23.9. The minimum Gasteiger partial charge on any atom is -0.462 e. The minimum atomic E-state index is -0.799. The lowest BCUT2D eigenvalue weighted by molar-refractivity contribution is -0.167. The molecule has 0 heterocycles. The third-order valence-electron chi connectivity index (χ3n) is 14.3. The highest BCUT2D eigenvalue weighted by Gasteiger charge is 2.19. The van der Waals surface area contributed by atoms with E-state index >= 15 is 0 Å². The first-order valence-electron chi connectivity index (χ1n) is 34.3. The van der Waals surface area contributed by atoms with E-state index in [1.165, 1.54) is 103 Å². The lowest BCUT2D eigenvalue weighted by Crippen LogP contribution is -2.30. The average Bonchev–Trinajstić information content (AvgIpc) is 3.49. The van der Waals surface area contributed by atoms with Crippen LogP contribution in [0, 0.1) is 0 Å². The van der Waals surface area contributed by atoms with Crippen LogP contribution in [-0.4, -0.2) is 37.2 Å². The van der Waals surface area contributed by atoms with Crippen LogP contribution in [0.3, 0.4) is 0 Å². The number of esters is 3. The Morgan fingerprint density at radius 3 is 0.735 bits per heavy atom. The molecule has 0 bridgehead atoms. The van der Waals surface area contributed by atoms with Gasteiger partial charge in [0, 0.05) is 19.3 Å². The van der Waals surface area contributed by atoms with Gasteiger partial charge in [0.25, 0.3) is 0 Å². The van der Waals surface area contributed by atoms with Gasteiger partial charge >= 0.3 is 17.9 Å². The second-order valence-corrected chi connectivity index (χ2v) is 22.3. The summed E-state index contributed by atoms with van der Waals surface area (Å²) in [5.74, 6) is -0.918. The number of hydrogen-bond acceptors (Lipinski definition) is 6. The number of carbonyl (C=O) groups excluding carboxylic acids is 3. The van der Waals surface area contributed by atoms with Crippen molar-refractivity contribution < 1.29 is 28.6 Å². The fraction of sp³-hybridized carbons (Fsp3) is 0.649. The molecule has 0 aliphatic rings. The average molecular weight is 1150 g/mol. The van der Waals surface area contributed by atoms with Crippen LogP contribution in [-0.2, 0) is 28.6 Å². The van der Waals surface area contributed by atoms with Crippen LogP contribution in [0.4, 0.5) is 0 Å². The van der Waals surface area contributed by atoms with E-state index in [0.717, 1.165) is 161 Å². The Morgan fingerprint density at radius 2 is 0.470 bits per heavy atom. The molecule has 0 aliphatic carbocycles. The summed E-state index contributed by atoms with van der Waals surface area (Å²) in [6.07, 6.45) is 100. The summed E-state index contributed by atoms with van der Waals surface area (Å²) in [5, 5.41) is 0. The quantitative estimate of drug-likeness (QED) is 0.0261. The largest absolute Gasteiger partial charge is 0.462 e. The van der Waals surface area contributed by atoms with Crippen LogP contribution in [0.15, 0.2) is 146 Å². The Bertz CT molecular complexity index is 1800. The lowest BCUT2D eigenvalue weighted by atomic mass is 10.0. The zero-order chi connectivity index (χ0) is 59.9. The van der Waals surface area contributed by atoms with Crippen molar-refractivity contribution in [2.45, 2.75) is 309 Å². The van der Waals surface area contributed by atoms with Crippen molar-refractivity contribution >= 4 is 17.9 Å². The molecule has 0 aromatic rings. The highest BCUT2D eigenvalue weighted by Crippen LogP contribution is 2.16. The van der Waals surface area contributed by atoms with Crippen LogP contribution in [0.2, 0.25) is 0 Å². The van der Waals surface area contributed by atoms with E-state index in [1.54, 1.807) is 0 Å². The van der Waals surface area contributed by atoms with Gasteiger partial charge in [0.05, 0.1) is 0 Å². The van der Waals surface area contributed by atoms with Crippen molar-refractivity contribution in [2.75, 3.05) is 13.2 Å². The smallest absolute Gasteiger partial charge is 0.306 e. The number of ether oxygens (including phenoxy) is 3. The Hall–Kier alpha value is -4.71. The molecule has 0 amide bonds. The summed E-state index contributed by atoms with van der Waals surface area (Å²) in [5.41, 5.74) is 0. The standard InChI is InChI=1S/C77H126O6/c1-4-7-10-13-16-19-22-25-28-30-32-33-34-35-36-37-38-39-40-41-42-43-45-46-49-52-55-58-61-64-67-70-76(79)82-73-74(72-81-75(78)69-66-63-60-57-54-51-48-27-24-21-18-15-12-9-6-3)83-77(80)71-68-65-62-59-56-53-50-47-44-31-29-26-23-20-17-14-11-8-5-2/h7-8,10-11,16-21,25-29,32-33,35-36,38-39,44,47-48,74H,4-6,9,12-15,22-24,30-31,34,37,40-43,45-46,49-73H2,1-3H3/b10-7-,11-8-,19-16-,20-17-,21-18-,28-25-,29-26-,33-32-,36-35-,39-38-,47-44-,48-27-. The SMILES string of the molecule is CC/C=C\C/C=C\C/C=C\C/C=C\C/C=C\C/C=C\CCCCCCCCCCCCCCC(=O)OCC(COC(=O)CCCCCCC/C=C\C/C=C\CCCCC)OC(=O)CCCCCCCC/C=C\C/C=C\C/C=C\C/C=C\CC. The third-order valence-corrected chi connectivity index (χ3v) is 14.3.